The maximum Gasteiger partial charge on any atom is 0.323 e. The molecule has 25 heavy (non-hydrogen) atoms. The number of carbonyl (C=O) groups excluding carboxylic acids is 2. The number of hydrogen-bond donors (Lipinski definition) is 0. The van der Waals surface area contributed by atoms with Gasteiger partial charge < -0.3 is 9.47 Å². The number of aryl methyl sites for hydroxylation is 1. The molecule has 0 N–H and O–H groups in total. The fourth-order valence-corrected chi connectivity index (χ4v) is 3.10. The van der Waals surface area contributed by atoms with Gasteiger partial charge in [-0.25, -0.2) is 0 Å². The maximum atomic E-state index is 12.0. The van der Waals surface area contributed by atoms with E-state index in [4.69, 9.17) is 9.47 Å². The number of carbonyl (C=O) groups is 2. The highest BCUT2D eigenvalue weighted by Crippen LogP contribution is 2.25. The van der Waals surface area contributed by atoms with Crippen LogP contribution in [-0.2, 0) is 31.9 Å². The van der Waals surface area contributed by atoms with Gasteiger partial charge in [-0.2, -0.15) is 0 Å². The Morgan fingerprint density at radius 2 is 1.36 bits per heavy atom. The van der Waals surface area contributed by atoms with Crippen molar-refractivity contribution in [1.29, 1.82) is 0 Å². The molecule has 1 aromatic rings. The summed E-state index contributed by atoms with van der Waals surface area (Å²) in [6.45, 7) is 5.36. The molecule has 1 fully saturated rings. The largest absolute Gasteiger partial charge is 0.422 e. The van der Waals surface area contributed by atoms with Crippen LogP contribution in [0.25, 0.3) is 0 Å². The minimum atomic E-state index is -1.16. The Balaban J connectivity index is 1.80. The molecule has 4 heteroatoms. The SMILES string of the molecule is CCCCCCCCc1ccc(CC2C(=O)OC(C)(C)OC2=O)cc1. The summed E-state index contributed by atoms with van der Waals surface area (Å²) in [6, 6.07) is 8.16. The molecule has 0 atom stereocenters. The summed E-state index contributed by atoms with van der Waals surface area (Å²) in [6.07, 6.45) is 9.14. The predicted molar refractivity (Wildman–Crippen MR) is 97.0 cm³/mol. The Bertz CT molecular complexity index is 554. The quantitative estimate of drug-likeness (QED) is 0.373. The lowest BCUT2D eigenvalue weighted by Gasteiger charge is -2.32. The van der Waals surface area contributed by atoms with Gasteiger partial charge in [0.1, 0.15) is 0 Å². The van der Waals surface area contributed by atoms with Gasteiger partial charge in [0.2, 0.25) is 0 Å². The average Bonchev–Trinajstić information content (AvgIpc) is 2.54. The second-order valence-electron chi connectivity index (χ2n) is 7.33. The van der Waals surface area contributed by atoms with Gasteiger partial charge in [-0.1, -0.05) is 63.3 Å². The number of hydrogen-bond acceptors (Lipinski definition) is 4. The van der Waals surface area contributed by atoms with E-state index in [-0.39, 0.29) is 0 Å². The molecular weight excluding hydrogens is 316 g/mol. The summed E-state index contributed by atoms with van der Waals surface area (Å²) >= 11 is 0. The normalized spacial score (nSPS) is 17.2. The molecule has 0 saturated carbocycles. The molecule has 138 valence electrons. The molecule has 0 radical (unpaired) electrons. The topological polar surface area (TPSA) is 52.6 Å². The first-order valence-electron chi connectivity index (χ1n) is 9.45. The van der Waals surface area contributed by atoms with Crippen LogP contribution in [-0.4, -0.2) is 17.7 Å². The molecule has 0 spiro atoms. The van der Waals surface area contributed by atoms with Crippen LogP contribution in [0.5, 0.6) is 0 Å². The van der Waals surface area contributed by atoms with Crippen molar-refractivity contribution >= 4 is 11.9 Å². The fourth-order valence-electron chi connectivity index (χ4n) is 3.10. The highest BCUT2D eigenvalue weighted by molar-refractivity contribution is 5.96. The Kier molecular flexibility index (Phi) is 7.03. The second-order valence-corrected chi connectivity index (χ2v) is 7.33. The molecular formula is C21H30O4. The Morgan fingerprint density at radius 1 is 0.840 bits per heavy atom. The van der Waals surface area contributed by atoms with Crippen molar-refractivity contribution in [2.24, 2.45) is 5.92 Å². The summed E-state index contributed by atoms with van der Waals surface area (Å²) < 4.78 is 10.3. The lowest BCUT2D eigenvalue weighted by atomic mass is 9.96. The molecule has 1 aliphatic rings. The van der Waals surface area contributed by atoms with E-state index in [1.165, 1.54) is 44.1 Å². The van der Waals surface area contributed by atoms with Crippen LogP contribution >= 0.6 is 0 Å². The van der Waals surface area contributed by atoms with E-state index in [0.29, 0.717) is 6.42 Å². The van der Waals surface area contributed by atoms with Gasteiger partial charge in [0.05, 0.1) is 0 Å². The molecule has 0 bridgehead atoms. The molecule has 1 saturated heterocycles. The Labute approximate surface area is 150 Å². The monoisotopic (exact) mass is 346 g/mol. The predicted octanol–water partition coefficient (Wildman–Crippen LogP) is 4.58. The van der Waals surface area contributed by atoms with Gasteiger partial charge in [-0.15, -0.1) is 0 Å². The van der Waals surface area contributed by atoms with Crippen LogP contribution in [0.15, 0.2) is 24.3 Å². The highest BCUT2D eigenvalue weighted by atomic mass is 16.7. The van der Waals surface area contributed by atoms with Crippen molar-refractivity contribution in [3.05, 3.63) is 35.4 Å². The fraction of sp³-hybridized carbons (Fsp3) is 0.619. The number of esters is 2. The van der Waals surface area contributed by atoms with Gasteiger partial charge in [-0.3, -0.25) is 9.59 Å². The van der Waals surface area contributed by atoms with Crippen molar-refractivity contribution in [3.63, 3.8) is 0 Å². The number of ether oxygens (including phenoxy) is 2. The van der Waals surface area contributed by atoms with Crippen LogP contribution in [0.1, 0.15) is 70.4 Å². The van der Waals surface area contributed by atoms with Crippen LogP contribution in [0.2, 0.25) is 0 Å². The zero-order valence-electron chi connectivity index (χ0n) is 15.7. The molecule has 2 rings (SSSR count). The lowest BCUT2D eigenvalue weighted by molar-refractivity contribution is -0.239. The van der Waals surface area contributed by atoms with Gasteiger partial charge >= 0.3 is 11.9 Å². The van der Waals surface area contributed by atoms with Crippen molar-refractivity contribution in [3.8, 4) is 0 Å². The van der Waals surface area contributed by atoms with Crippen molar-refractivity contribution in [2.75, 3.05) is 0 Å². The number of rotatable bonds is 9. The third-order valence-electron chi connectivity index (χ3n) is 4.54. The first kappa shape index (κ1) is 19.5. The minimum absolute atomic E-state index is 0.324. The van der Waals surface area contributed by atoms with E-state index in [9.17, 15) is 9.59 Å². The summed E-state index contributed by atoms with van der Waals surface area (Å²) in [4.78, 5) is 24.0. The highest BCUT2D eigenvalue weighted by Gasteiger charge is 2.42. The molecule has 1 heterocycles. The summed E-state index contributed by atoms with van der Waals surface area (Å²) in [5.74, 6) is -3.03. The molecule has 0 aliphatic carbocycles. The summed E-state index contributed by atoms with van der Waals surface area (Å²) in [5.41, 5.74) is 2.25. The number of unbranched alkanes of at least 4 members (excludes halogenated alkanes) is 5. The first-order chi connectivity index (χ1) is 11.9. The van der Waals surface area contributed by atoms with E-state index >= 15 is 0 Å². The maximum absolute atomic E-state index is 12.0. The summed E-state index contributed by atoms with van der Waals surface area (Å²) in [5, 5.41) is 0. The van der Waals surface area contributed by atoms with Crippen molar-refractivity contribution in [1.82, 2.24) is 0 Å². The van der Waals surface area contributed by atoms with E-state index in [0.717, 1.165) is 12.0 Å². The van der Waals surface area contributed by atoms with E-state index < -0.39 is 23.6 Å². The first-order valence-corrected chi connectivity index (χ1v) is 9.45. The van der Waals surface area contributed by atoms with Crippen LogP contribution in [0.3, 0.4) is 0 Å². The van der Waals surface area contributed by atoms with Crippen molar-refractivity contribution in [2.45, 2.75) is 77.9 Å². The zero-order chi connectivity index (χ0) is 18.3. The zero-order valence-corrected chi connectivity index (χ0v) is 15.7. The lowest BCUT2D eigenvalue weighted by Crippen LogP contribution is -2.46. The Hall–Kier alpha value is -1.84. The van der Waals surface area contributed by atoms with E-state index in [2.05, 4.69) is 19.1 Å². The van der Waals surface area contributed by atoms with Gasteiger partial charge in [0.25, 0.3) is 5.79 Å². The third kappa shape index (κ3) is 6.18. The van der Waals surface area contributed by atoms with Gasteiger partial charge in [0.15, 0.2) is 5.92 Å². The molecule has 0 unspecified atom stereocenters. The second kappa shape index (κ2) is 9.02. The number of cyclic esters (lactones) is 2. The molecule has 1 aliphatic heterocycles. The van der Waals surface area contributed by atoms with Crippen LogP contribution in [0, 0.1) is 5.92 Å². The third-order valence-corrected chi connectivity index (χ3v) is 4.54. The molecule has 1 aromatic carbocycles. The standard InChI is InChI=1S/C21H30O4/c1-4-5-6-7-8-9-10-16-11-13-17(14-12-16)15-18-19(22)24-21(2,3)25-20(18)23/h11-14,18H,4-10,15H2,1-3H3. The van der Waals surface area contributed by atoms with E-state index in [1.54, 1.807) is 13.8 Å². The summed E-state index contributed by atoms with van der Waals surface area (Å²) in [7, 11) is 0. The molecule has 0 aromatic heterocycles. The smallest absolute Gasteiger partial charge is 0.323 e. The van der Waals surface area contributed by atoms with Crippen LogP contribution < -0.4 is 0 Å². The average molecular weight is 346 g/mol. The van der Waals surface area contributed by atoms with Gasteiger partial charge in [0, 0.05) is 13.8 Å². The molecule has 0 amide bonds. The molecule has 4 nitrogen and oxygen atoms in total. The Morgan fingerprint density at radius 3 is 1.96 bits per heavy atom. The number of benzene rings is 1. The van der Waals surface area contributed by atoms with Gasteiger partial charge in [-0.05, 0) is 30.4 Å². The van der Waals surface area contributed by atoms with Crippen molar-refractivity contribution < 1.29 is 19.1 Å². The van der Waals surface area contributed by atoms with E-state index in [1.807, 2.05) is 12.1 Å². The minimum Gasteiger partial charge on any atom is -0.422 e. The van der Waals surface area contributed by atoms with Crippen LogP contribution in [0.4, 0.5) is 0 Å².